The minimum atomic E-state index is 0.460. The van der Waals surface area contributed by atoms with Crippen molar-refractivity contribution in [3.8, 4) is 0 Å². The number of thiocarbonyl (C=S) groups is 1. The Morgan fingerprint density at radius 1 is 1.47 bits per heavy atom. The van der Waals surface area contributed by atoms with Crippen LogP contribution in [-0.2, 0) is 0 Å². The van der Waals surface area contributed by atoms with Gasteiger partial charge in [-0.3, -0.25) is 4.90 Å². The number of hydrogen-bond donors (Lipinski definition) is 1. The van der Waals surface area contributed by atoms with E-state index in [2.05, 4.69) is 45.6 Å². The molecule has 1 saturated heterocycles. The zero-order valence-corrected chi connectivity index (χ0v) is 13.8. The predicted molar refractivity (Wildman–Crippen MR) is 89.0 cm³/mol. The van der Waals surface area contributed by atoms with Gasteiger partial charge in [0.25, 0.3) is 0 Å². The Hall–Kier alpha value is -0.650. The third kappa shape index (κ3) is 3.27. The normalized spacial score (nSPS) is 20.6. The molecule has 0 aliphatic carbocycles. The minimum Gasteiger partial charge on any atom is -0.389 e. The fourth-order valence-corrected chi connectivity index (χ4v) is 3.19. The van der Waals surface area contributed by atoms with E-state index in [1.807, 2.05) is 12.1 Å². The number of nitrogens with two attached hydrogens (primary N) is 1. The van der Waals surface area contributed by atoms with E-state index in [0.29, 0.717) is 11.0 Å². The standard InChI is InChI=1S/C14H20BrN3S/c1-3-17-6-7-18(9-10(17)2)13-5-4-11(15)8-12(13)14(16)19/h4-5,8,10H,3,6-7,9H2,1-2H3,(H2,16,19). The van der Waals surface area contributed by atoms with Gasteiger partial charge in [-0.25, -0.2) is 0 Å². The van der Waals surface area contributed by atoms with Crippen LogP contribution in [-0.4, -0.2) is 42.1 Å². The number of anilines is 1. The molecule has 5 heteroatoms. The highest BCUT2D eigenvalue weighted by molar-refractivity contribution is 9.10. The fraction of sp³-hybridized carbons (Fsp3) is 0.500. The van der Waals surface area contributed by atoms with Crippen LogP contribution in [0.15, 0.2) is 22.7 Å². The molecule has 1 fully saturated rings. The van der Waals surface area contributed by atoms with Gasteiger partial charge in [0, 0.05) is 41.4 Å². The first-order chi connectivity index (χ1) is 9.02. The van der Waals surface area contributed by atoms with Gasteiger partial charge in [0.2, 0.25) is 0 Å². The number of halogens is 1. The van der Waals surface area contributed by atoms with Gasteiger partial charge < -0.3 is 10.6 Å². The number of piperazine rings is 1. The van der Waals surface area contributed by atoms with E-state index in [4.69, 9.17) is 18.0 Å². The minimum absolute atomic E-state index is 0.460. The van der Waals surface area contributed by atoms with Crippen LogP contribution < -0.4 is 10.6 Å². The Bertz CT molecular complexity index is 478. The van der Waals surface area contributed by atoms with Gasteiger partial charge >= 0.3 is 0 Å². The van der Waals surface area contributed by atoms with Crippen molar-refractivity contribution in [3.05, 3.63) is 28.2 Å². The smallest absolute Gasteiger partial charge is 0.106 e. The third-order valence-electron chi connectivity index (χ3n) is 3.74. The molecular formula is C14H20BrN3S. The topological polar surface area (TPSA) is 32.5 Å². The van der Waals surface area contributed by atoms with Gasteiger partial charge in [-0.05, 0) is 31.7 Å². The lowest BCUT2D eigenvalue weighted by Crippen LogP contribution is -2.52. The van der Waals surface area contributed by atoms with E-state index >= 15 is 0 Å². The summed E-state index contributed by atoms with van der Waals surface area (Å²) in [6.07, 6.45) is 0. The molecule has 1 aromatic rings. The van der Waals surface area contributed by atoms with Gasteiger partial charge in [0.1, 0.15) is 4.99 Å². The fourth-order valence-electron chi connectivity index (χ4n) is 2.67. The summed E-state index contributed by atoms with van der Waals surface area (Å²) in [5.41, 5.74) is 7.96. The molecule has 104 valence electrons. The number of rotatable bonds is 3. The lowest BCUT2D eigenvalue weighted by Gasteiger charge is -2.41. The van der Waals surface area contributed by atoms with Crippen molar-refractivity contribution in [1.82, 2.24) is 4.90 Å². The highest BCUT2D eigenvalue weighted by Crippen LogP contribution is 2.26. The average Bonchev–Trinajstić information content (AvgIpc) is 2.38. The van der Waals surface area contributed by atoms with Crippen LogP contribution in [0.5, 0.6) is 0 Å². The summed E-state index contributed by atoms with van der Waals surface area (Å²) in [7, 11) is 0. The van der Waals surface area contributed by atoms with Crippen LogP contribution in [0, 0.1) is 0 Å². The van der Waals surface area contributed by atoms with Crippen LogP contribution in [0.3, 0.4) is 0 Å². The van der Waals surface area contributed by atoms with Crippen molar-refractivity contribution in [2.24, 2.45) is 5.73 Å². The van der Waals surface area contributed by atoms with E-state index in [-0.39, 0.29) is 0 Å². The van der Waals surface area contributed by atoms with E-state index in [0.717, 1.165) is 41.9 Å². The molecule has 2 N–H and O–H groups in total. The Labute approximate surface area is 128 Å². The zero-order valence-electron chi connectivity index (χ0n) is 11.4. The molecule has 0 saturated carbocycles. The Morgan fingerprint density at radius 2 is 2.21 bits per heavy atom. The van der Waals surface area contributed by atoms with Gasteiger partial charge in [-0.2, -0.15) is 0 Å². The highest BCUT2D eigenvalue weighted by atomic mass is 79.9. The molecule has 0 spiro atoms. The molecule has 0 amide bonds. The van der Waals surface area contributed by atoms with Gasteiger partial charge in [0.05, 0.1) is 0 Å². The summed E-state index contributed by atoms with van der Waals surface area (Å²) in [5, 5.41) is 0. The van der Waals surface area contributed by atoms with Crippen LogP contribution in [0.2, 0.25) is 0 Å². The van der Waals surface area contributed by atoms with Crippen molar-refractivity contribution in [2.45, 2.75) is 19.9 Å². The quantitative estimate of drug-likeness (QED) is 0.856. The van der Waals surface area contributed by atoms with Crippen molar-refractivity contribution in [1.29, 1.82) is 0 Å². The van der Waals surface area contributed by atoms with E-state index in [1.54, 1.807) is 0 Å². The molecule has 1 aliphatic rings. The summed E-state index contributed by atoms with van der Waals surface area (Å²) < 4.78 is 1.01. The zero-order chi connectivity index (χ0) is 14.0. The molecule has 0 bridgehead atoms. The molecule has 1 aromatic carbocycles. The molecule has 19 heavy (non-hydrogen) atoms. The van der Waals surface area contributed by atoms with Gasteiger partial charge in [-0.1, -0.05) is 35.1 Å². The maximum atomic E-state index is 5.85. The SMILES string of the molecule is CCN1CCN(c2ccc(Br)cc2C(N)=S)CC1C. The molecule has 0 aromatic heterocycles. The summed E-state index contributed by atoms with van der Waals surface area (Å²) in [4.78, 5) is 5.34. The molecule has 1 atom stereocenters. The highest BCUT2D eigenvalue weighted by Gasteiger charge is 2.24. The van der Waals surface area contributed by atoms with Crippen molar-refractivity contribution in [3.63, 3.8) is 0 Å². The Kier molecular flexibility index (Phi) is 4.81. The lowest BCUT2D eigenvalue weighted by molar-refractivity contribution is 0.199. The summed E-state index contributed by atoms with van der Waals surface area (Å²) in [6, 6.07) is 6.72. The first kappa shape index (κ1) is 14.8. The summed E-state index contributed by atoms with van der Waals surface area (Å²) in [6.45, 7) is 8.73. The van der Waals surface area contributed by atoms with Gasteiger partial charge in [-0.15, -0.1) is 0 Å². The lowest BCUT2D eigenvalue weighted by atomic mass is 10.1. The molecule has 2 rings (SSSR count). The second kappa shape index (κ2) is 6.20. The van der Waals surface area contributed by atoms with Crippen LogP contribution in [0.1, 0.15) is 19.4 Å². The number of likely N-dealkylation sites (N-methyl/N-ethyl adjacent to an activating group) is 1. The molecule has 1 aliphatic heterocycles. The third-order valence-corrected chi connectivity index (χ3v) is 4.45. The summed E-state index contributed by atoms with van der Waals surface area (Å²) >= 11 is 8.65. The predicted octanol–water partition coefficient (Wildman–Crippen LogP) is 2.61. The maximum absolute atomic E-state index is 5.85. The first-order valence-corrected chi connectivity index (χ1v) is 7.81. The second-order valence-electron chi connectivity index (χ2n) is 4.95. The molecule has 3 nitrogen and oxygen atoms in total. The van der Waals surface area contributed by atoms with Crippen molar-refractivity contribution >= 4 is 38.8 Å². The van der Waals surface area contributed by atoms with E-state index in [1.165, 1.54) is 0 Å². The van der Waals surface area contributed by atoms with Crippen LogP contribution in [0.25, 0.3) is 0 Å². The van der Waals surface area contributed by atoms with Crippen molar-refractivity contribution < 1.29 is 0 Å². The van der Waals surface area contributed by atoms with Crippen LogP contribution >= 0.6 is 28.1 Å². The Morgan fingerprint density at radius 3 is 2.79 bits per heavy atom. The first-order valence-electron chi connectivity index (χ1n) is 6.61. The largest absolute Gasteiger partial charge is 0.389 e. The van der Waals surface area contributed by atoms with Crippen LogP contribution in [0.4, 0.5) is 5.69 Å². The van der Waals surface area contributed by atoms with Crippen molar-refractivity contribution in [2.75, 3.05) is 31.1 Å². The maximum Gasteiger partial charge on any atom is 0.106 e. The molecular weight excluding hydrogens is 322 g/mol. The molecule has 1 unspecified atom stereocenters. The molecule has 1 heterocycles. The number of nitrogens with zero attached hydrogens (tertiary/aromatic N) is 2. The van der Waals surface area contributed by atoms with E-state index in [9.17, 15) is 0 Å². The number of hydrogen-bond acceptors (Lipinski definition) is 3. The number of benzene rings is 1. The van der Waals surface area contributed by atoms with E-state index < -0.39 is 0 Å². The Balaban J connectivity index is 2.25. The molecule has 0 radical (unpaired) electrons. The average molecular weight is 342 g/mol. The van der Waals surface area contributed by atoms with Gasteiger partial charge in [0.15, 0.2) is 0 Å². The monoisotopic (exact) mass is 341 g/mol. The summed E-state index contributed by atoms with van der Waals surface area (Å²) in [5.74, 6) is 0. The second-order valence-corrected chi connectivity index (χ2v) is 6.30.